The first-order valence-electron chi connectivity index (χ1n) is 8.29. The van der Waals surface area contributed by atoms with E-state index in [1.165, 1.54) is 0 Å². The summed E-state index contributed by atoms with van der Waals surface area (Å²) in [5.74, 6) is 0. The van der Waals surface area contributed by atoms with Crippen LogP contribution in [-0.2, 0) is 0 Å². The molecular formula is C21H20N4. The zero-order chi connectivity index (χ0) is 17.7. The number of nitrogens with one attached hydrogen (secondary N) is 1. The number of para-hydroxylation sites is 1. The largest absolute Gasteiger partial charge is 0.398 e. The maximum Gasteiger partial charge on any atom is 0.0882 e. The van der Waals surface area contributed by atoms with Crippen LogP contribution in [0.2, 0.25) is 0 Å². The molecular weight excluding hydrogens is 308 g/mol. The first kappa shape index (κ1) is 15.4. The predicted molar refractivity (Wildman–Crippen MR) is 102 cm³/mol. The SMILES string of the molecule is Cc1cc2nc3cc(C)c(=N)cc-3n(-c3ccccc3C)c2cc1N. The fraction of sp³-hybridized carbons (Fsp3) is 0.143. The molecule has 1 aliphatic heterocycles. The Morgan fingerprint density at radius 1 is 0.920 bits per heavy atom. The van der Waals surface area contributed by atoms with Crippen LogP contribution in [0, 0.1) is 26.2 Å². The lowest BCUT2D eigenvalue weighted by Gasteiger charge is -2.21. The van der Waals surface area contributed by atoms with Crippen LogP contribution in [0.1, 0.15) is 16.7 Å². The number of anilines is 1. The van der Waals surface area contributed by atoms with Crippen molar-refractivity contribution in [3.05, 3.63) is 70.6 Å². The van der Waals surface area contributed by atoms with Gasteiger partial charge in [-0.2, -0.15) is 0 Å². The molecule has 0 spiro atoms. The molecule has 2 aromatic carbocycles. The summed E-state index contributed by atoms with van der Waals surface area (Å²) in [5, 5.41) is 8.74. The molecule has 0 radical (unpaired) electrons. The molecule has 0 saturated heterocycles. The third kappa shape index (κ3) is 2.38. The van der Waals surface area contributed by atoms with E-state index in [1.807, 2.05) is 50.2 Å². The van der Waals surface area contributed by atoms with Gasteiger partial charge >= 0.3 is 0 Å². The maximum absolute atomic E-state index is 8.23. The second kappa shape index (κ2) is 5.45. The quantitative estimate of drug-likeness (QED) is 0.408. The molecule has 124 valence electrons. The fourth-order valence-corrected chi connectivity index (χ4v) is 3.25. The first-order valence-corrected chi connectivity index (χ1v) is 8.29. The Morgan fingerprint density at radius 2 is 1.68 bits per heavy atom. The van der Waals surface area contributed by atoms with Gasteiger partial charge in [0.1, 0.15) is 0 Å². The molecule has 0 bridgehead atoms. The summed E-state index contributed by atoms with van der Waals surface area (Å²) in [6.45, 7) is 6.03. The van der Waals surface area contributed by atoms with Crippen molar-refractivity contribution in [2.75, 3.05) is 5.73 Å². The number of aryl methyl sites for hydroxylation is 3. The van der Waals surface area contributed by atoms with Crippen molar-refractivity contribution in [2.45, 2.75) is 20.8 Å². The second-order valence-electron chi connectivity index (χ2n) is 6.59. The highest BCUT2D eigenvalue weighted by atomic mass is 15.0. The lowest BCUT2D eigenvalue weighted by molar-refractivity contribution is 1.05. The van der Waals surface area contributed by atoms with Gasteiger partial charge in [0.05, 0.1) is 27.8 Å². The van der Waals surface area contributed by atoms with Crippen LogP contribution in [0.3, 0.4) is 0 Å². The summed E-state index contributed by atoms with van der Waals surface area (Å²) in [4.78, 5) is 4.84. The summed E-state index contributed by atoms with van der Waals surface area (Å²) in [6, 6.07) is 16.1. The van der Waals surface area contributed by atoms with Crippen molar-refractivity contribution < 1.29 is 0 Å². The molecule has 4 rings (SSSR count). The highest BCUT2D eigenvalue weighted by Gasteiger charge is 2.17. The third-order valence-electron chi connectivity index (χ3n) is 4.76. The minimum atomic E-state index is 0.510. The summed E-state index contributed by atoms with van der Waals surface area (Å²) in [7, 11) is 0. The zero-order valence-corrected chi connectivity index (χ0v) is 14.6. The Bertz CT molecular complexity index is 1150. The Kier molecular flexibility index (Phi) is 3.35. The van der Waals surface area contributed by atoms with Crippen LogP contribution in [0.25, 0.3) is 28.1 Å². The number of hydrogen-bond donors (Lipinski definition) is 2. The fourth-order valence-electron chi connectivity index (χ4n) is 3.25. The number of nitrogen functional groups attached to an aromatic ring is 1. The number of nitrogens with zero attached hydrogens (tertiary/aromatic N) is 2. The van der Waals surface area contributed by atoms with Crippen molar-refractivity contribution in [1.82, 2.24) is 9.55 Å². The molecule has 1 heterocycles. The van der Waals surface area contributed by atoms with Gasteiger partial charge < -0.3 is 15.7 Å². The average Bonchev–Trinajstić information content (AvgIpc) is 2.57. The van der Waals surface area contributed by atoms with Crippen molar-refractivity contribution in [3.63, 3.8) is 0 Å². The molecule has 3 N–H and O–H groups in total. The van der Waals surface area contributed by atoms with E-state index in [0.717, 1.165) is 50.5 Å². The normalized spacial score (nSPS) is 11.3. The van der Waals surface area contributed by atoms with Gasteiger partial charge in [0.25, 0.3) is 0 Å². The average molecular weight is 328 g/mol. The van der Waals surface area contributed by atoms with Crippen LogP contribution >= 0.6 is 0 Å². The standard InChI is InChI=1S/C21H20N4/c1-12-6-4-5-7-19(12)25-20-10-15(22)13(2)8-17(20)24-18-9-14(3)16(23)11-21(18)25/h4-11,22H,23H2,1-3H3. The number of hydrogen-bond acceptors (Lipinski definition) is 3. The van der Waals surface area contributed by atoms with E-state index in [1.54, 1.807) is 0 Å². The number of rotatable bonds is 1. The minimum Gasteiger partial charge on any atom is -0.398 e. The van der Waals surface area contributed by atoms with Crippen LogP contribution in [-0.4, -0.2) is 9.55 Å². The molecule has 4 nitrogen and oxygen atoms in total. The molecule has 25 heavy (non-hydrogen) atoms. The molecule has 0 fully saturated rings. The Balaban J connectivity index is 2.27. The smallest absolute Gasteiger partial charge is 0.0882 e. The van der Waals surface area contributed by atoms with Gasteiger partial charge in [-0.25, -0.2) is 4.98 Å². The molecule has 0 aromatic heterocycles. The maximum atomic E-state index is 8.23. The van der Waals surface area contributed by atoms with Crippen molar-refractivity contribution in [2.24, 2.45) is 0 Å². The van der Waals surface area contributed by atoms with Crippen LogP contribution < -0.4 is 11.1 Å². The van der Waals surface area contributed by atoms with Gasteiger partial charge in [0.2, 0.25) is 0 Å². The van der Waals surface area contributed by atoms with Gasteiger partial charge in [-0.3, -0.25) is 0 Å². The van der Waals surface area contributed by atoms with Gasteiger partial charge in [-0.15, -0.1) is 0 Å². The second-order valence-corrected chi connectivity index (χ2v) is 6.59. The predicted octanol–water partition coefficient (Wildman–Crippen LogP) is 4.12. The Hall–Kier alpha value is -3.14. The Morgan fingerprint density at radius 3 is 2.44 bits per heavy atom. The van der Waals surface area contributed by atoms with E-state index >= 15 is 0 Å². The minimum absolute atomic E-state index is 0.510. The Labute approximate surface area is 146 Å². The summed E-state index contributed by atoms with van der Waals surface area (Å²) < 4.78 is 2.17. The van der Waals surface area contributed by atoms with Gasteiger partial charge in [-0.05, 0) is 67.8 Å². The molecule has 0 atom stereocenters. The highest BCUT2D eigenvalue weighted by molar-refractivity contribution is 5.87. The van der Waals surface area contributed by atoms with Crippen molar-refractivity contribution in [1.29, 1.82) is 5.41 Å². The third-order valence-corrected chi connectivity index (χ3v) is 4.76. The monoisotopic (exact) mass is 328 g/mol. The van der Waals surface area contributed by atoms with Gasteiger partial charge in [0.15, 0.2) is 0 Å². The van der Waals surface area contributed by atoms with Crippen molar-refractivity contribution in [3.8, 4) is 17.1 Å². The molecule has 2 aliphatic rings. The first-order chi connectivity index (χ1) is 12.0. The van der Waals surface area contributed by atoms with Crippen LogP contribution in [0.15, 0.2) is 48.5 Å². The lowest BCUT2D eigenvalue weighted by Crippen LogP contribution is -2.13. The van der Waals surface area contributed by atoms with Gasteiger partial charge in [0, 0.05) is 11.4 Å². The number of fused-ring (bicyclic) bond motifs is 2. The molecule has 0 amide bonds. The van der Waals surface area contributed by atoms with Crippen LogP contribution in [0.4, 0.5) is 5.69 Å². The summed E-state index contributed by atoms with van der Waals surface area (Å²) in [6.07, 6.45) is 0. The summed E-state index contributed by atoms with van der Waals surface area (Å²) >= 11 is 0. The molecule has 1 aliphatic carbocycles. The molecule has 0 saturated carbocycles. The molecule has 2 aromatic rings. The number of benzene rings is 3. The highest BCUT2D eigenvalue weighted by Crippen LogP contribution is 2.31. The summed E-state index contributed by atoms with van der Waals surface area (Å²) in [5.41, 5.74) is 14.8. The van der Waals surface area contributed by atoms with E-state index in [9.17, 15) is 0 Å². The van der Waals surface area contributed by atoms with E-state index < -0.39 is 0 Å². The molecule has 4 heteroatoms. The lowest BCUT2D eigenvalue weighted by atomic mass is 10.1. The van der Waals surface area contributed by atoms with Crippen molar-refractivity contribution >= 4 is 16.7 Å². The van der Waals surface area contributed by atoms with E-state index in [0.29, 0.717) is 5.36 Å². The number of aromatic nitrogens is 2. The van der Waals surface area contributed by atoms with E-state index in [-0.39, 0.29) is 0 Å². The van der Waals surface area contributed by atoms with E-state index in [4.69, 9.17) is 16.1 Å². The van der Waals surface area contributed by atoms with Crippen LogP contribution in [0.5, 0.6) is 0 Å². The van der Waals surface area contributed by atoms with Gasteiger partial charge in [-0.1, -0.05) is 18.2 Å². The zero-order valence-electron chi connectivity index (χ0n) is 14.6. The number of nitrogens with two attached hydrogens (primary N) is 1. The van der Waals surface area contributed by atoms with E-state index in [2.05, 4.69) is 23.6 Å². The molecule has 0 unspecified atom stereocenters. The topological polar surface area (TPSA) is 67.7 Å².